The fraction of sp³-hybridized carbons (Fsp3) is 0.273. The van der Waals surface area contributed by atoms with E-state index < -0.39 is 5.41 Å². The van der Waals surface area contributed by atoms with Gasteiger partial charge < -0.3 is 0 Å². The largest absolute Gasteiger partial charge is 0.241 e. The monoisotopic (exact) mass is 185 g/mol. The molecule has 0 aliphatic rings. The molecule has 3 heteroatoms. The molecule has 2 heterocycles. The van der Waals surface area contributed by atoms with E-state index in [1.807, 2.05) is 38.2 Å². The fourth-order valence-electron chi connectivity index (χ4n) is 1.35. The second-order valence-corrected chi connectivity index (χ2v) is 3.86. The zero-order valence-electron chi connectivity index (χ0n) is 8.23. The van der Waals surface area contributed by atoms with E-state index in [0.717, 1.165) is 11.1 Å². The summed E-state index contributed by atoms with van der Waals surface area (Å²) >= 11 is 0. The average molecular weight is 185 g/mol. The zero-order chi connectivity index (χ0) is 10.2. The van der Waals surface area contributed by atoms with Crippen molar-refractivity contribution < 1.29 is 0 Å². The molecule has 70 valence electrons. The Kier molecular flexibility index (Phi) is 1.78. The van der Waals surface area contributed by atoms with Crippen LogP contribution < -0.4 is 0 Å². The Morgan fingerprint density at radius 1 is 1.36 bits per heavy atom. The highest BCUT2D eigenvalue weighted by molar-refractivity contribution is 5.47. The minimum Gasteiger partial charge on any atom is -0.241 e. The van der Waals surface area contributed by atoms with Crippen LogP contribution in [0.25, 0.3) is 5.52 Å². The molecule has 0 saturated heterocycles. The normalized spacial score (nSPS) is 11.5. The van der Waals surface area contributed by atoms with Gasteiger partial charge in [-0.3, -0.25) is 0 Å². The van der Waals surface area contributed by atoms with Crippen LogP contribution in [0, 0.1) is 11.3 Å². The number of nitrogens with zero attached hydrogens (tertiary/aromatic N) is 3. The molecule has 0 amide bonds. The van der Waals surface area contributed by atoms with Gasteiger partial charge in [-0.15, -0.1) is 0 Å². The molecule has 0 spiro atoms. The van der Waals surface area contributed by atoms with Gasteiger partial charge in [0.1, 0.15) is 0 Å². The smallest absolute Gasteiger partial charge is 0.0781 e. The number of fused-ring (bicyclic) bond motifs is 1. The lowest BCUT2D eigenvalue weighted by atomic mass is 9.88. The summed E-state index contributed by atoms with van der Waals surface area (Å²) < 4.78 is 1.79. The van der Waals surface area contributed by atoms with Gasteiger partial charge in [0.25, 0.3) is 0 Å². The summed E-state index contributed by atoms with van der Waals surface area (Å²) in [6.07, 6.45) is 3.65. The van der Waals surface area contributed by atoms with E-state index in [1.165, 1.54) is 0 Å². The number of nitriles is 1. The van der Waals surface area contributed by atoms with Gasteiger partial charge in [-0.05, 0) is 31.5 Å². The van der Waals surface area contributed by atoms with Crippen molar-refractivity contribution in [2.45, 2.75) is 19.3 Å². The molecule has 2 rings (SSSR count). The first kappa shape index (κ1) is 8.76. The lowest BCUT2D eigenvalue weighted by molar-refractivity contribution is 0.677. The van der Waals surface area contributed by atoms with E-state index >= 15 is 0 Å². The maximum absolute atomic E-state index is 8.99. The van der Waals surface area contributed by atoms with Gasteiger partial charge in [0.2, 0.25) is 0 Å². The number of pyridine rings is 1. The Morgan fingerprint density at radius 3 is 2.86 bits per heavy atom. The van der Waals surface area contributed by atoms with Gasteiger partial charge in [0, 0.05) is 12.4 Å². The molecule has 0 radical (unpaired) electrons. The molecular formula is C11H11N3. The highest BCUT2D eigenvalue weighted by atomic mass is 15.2. The summed E-state index contributed by atoms with van der Waals surface area (Å²) in [5.74, 6) is 0. The van der Waals surface area contributed by atoms with Crippen LogP contribution >= 0.6 is 0 Å². The summed E-state index contributed by atoms with van der Waals surface area (Å²) in [7, 11) is 0. The van der Waals surface area contributed by atoms with Crippen molar-refractivity contribution in [3.63, 3.8) is 0 Å². The minimum atomic E-state index is -0.458. The van der Waals surface area contributed by atoms with Crippen molar-refractivity contribution in [1.29, 1.82) is 5.26 Å². The quantitative estimate of drug-likeness (QED) is 0.683. The maximum atomic E-state index is 8.99. The van der Waals surface area contributed by atoms with Crippen LogP contribution in [0.5, 0.6) is 0 Å². The third kappa shape index (κ3) is 1.25. The van der Waals surface area contributed by atoms with Gasteiger partial charge in [-0.1, -0.05) is 6.07 Å². The standard InChI is InChI=1S/C11H11N3/c1-11(2,8-12)9-3-4-10-5-6-13-14(10)7-9/h3-7H,1-2H3. The molecule has 2 aromatic heterocycles. The van der Waals surface area contributed by atoms with E-state index in [4.69, 9.17) is 5.26 Å². The molecule has 0 N–H and O–H groups in total. The Hall–Kier alpha value is -1.82. The molecule has 0 aliphatic heterocycles. The van der Waals surface area contributed by atoms with Crippen molar-refractivity contribution in [2.75, 3.05) is 0 Å². The summed E-state index contributed by atoms with van der Waals surface area (Å²) in [5, 5.41) is 13.1. The average Bonchev–Trinajstić information content (AvgIpc) is 2.64. The lowest BCUT2D eigenvalue weighted by Crippen LogP contribution is -2.14. The summed E-state index contributed by atoms with van der Waals surface area (Å²) in [4.78, 5) is 0. The highest BCUT2D eigenvalue weighted by Crippen LogP contribution is 2.22. The van der Waals surface area contributed by atoms with E-state index in [0.29, 0.717) is 0 Å². The van der Waals surface area contributed by atoms with E-state index in [9.17, 15) is 0 Å². The molecule has 3 nitrogen and oxygen atoms in total. The third-order valence-electron chi connectivity index (χ3n) is 2.40. The van der Waals surface area contributed by atoms with Gasteiger partial charge in [0.15, 0.2) is 0 Å². The van der Waals surface area contributed by atoms with Crippen LogP contribution in [0.4, 0.5) is 0 Å². The fourth-order valence-corrected chi connectivity index (χ4v) is 1.35. The Balaban J connectivity index is 2.61. The highest BCUT2D eigenvalue weighted by Gasteiger charge is 2.19. The first-order valence-electron chi connectivity index (χ1n) is 4.48. The first-order chi connectivity index (χ1) is 6.63. The van der Waals surface area contributed by atoms with E-state index in [-0.39, 0.29) is 0 Å². The SMILES string of the molecule is CC(C)(C#N)c1ccc2ccnn2c1. The topological polar surface area (TPSA) is 41.1 Å². The minimum absolute atomic E-state index is 0.458. The second kappa shape index (κ2) is 2.85. The Labute approximate surface area is 82.6 Å². The Morgan fingerprint density at radius 2 is 2.14 bits per heavy atom. The maximum Gasteiger partial charge on any atom is 0.0781 e. The van der Waals surface area contributed by atoms with Crippen LogP contribution in [0.3, 0.4) is 0 Å². The number of hydrogen-bond donors (Lipinski definition) is 0. The lowest BCUT2D eigenvalue weighted by Gasteiger charge is -2.15. The number of hydrogen-bond acceptors (Lipinski definition) is 2. The van der Waals surface area contributed by atoms with Crippen molar-refractivity contribution >= 4 is 5.52 Å². The molecule has 0 aromatic carbocycles. The summed E-state index contributed by atoms with van der Waals surface area (Å²) in [5.41, 5.74) is 1.57. The van der Waals surface area contributed by atoms with E-state index in [2.05, 4.69) is 11.2 Å². The molecule has 2 aromatic rings. The number of aromatic nitrogens is 2. The van der Waals surface area contributed by atoms with Gasteiger partial charge in [0.05, 0.1) is 17.0 Å². The van der Waals surface area contributed by atoms with Crippen LogP contribution in [0.2, 0.25) is 0 Å². The molecule has 0 fully saturated rings. The van der Waals surface area contributed by atoms with Crippen molar-refractivity contribution in [3.8, 4) is 6.07 Å². The molecule has 0 atom stereocenters. The Bertz CT molecular complexity index is 502. The van der Waals surface area contributed by atoms with Crippen LogP contribution in [0.1, 0.15) is 19.4 Å². The van der Waals surface area contributed by atoms with Crippen LogP contribution in [-0.2, 0) is 5.41 Å². The van der Waals surface area contributed by atoms with Gasteiger partial charge >= 0.3 is 0 Å². The first-order valence-corrected chi connectivity index (χ1v) is 4.48. The molecular weight excluding hydrogens is 174 g/mol. The predicted molar refractivity (Wildman–Crippen MR) is 53.8 cm³/mol. The van der Waals surface area contributed by atoms with Crippen LogP contribution in [0.15, 0.2) is 30.6 Å². The van der Waals surface area contributed by atoms with Crippen LogP contribution in [-0.4, -0.2) is 9.61 Å². The van der Waals surface area contributed by atoms with Gasteiger partial charge in [-0.2, -0.15) is 10.4 Å². The van der Waals surface area contributed by atoms with Crippen molar-refractivity contribution in [3.05, 3.63) is 36.2 Å². The third-order valence-corrected chi connectivity index (χ3v) is 2.40. The van der Waals surface area contributed by atoms with Crippen molar-refractivity contribution in [1.82, 2.24) is 9.61 Å². The van der Waals surface area contributed by atoms with Gasteiger partial charge in [-0.25, -0.2) is 4.52 Å². The summed E-state index contributed by atoms with van der Waals surface area (Å²) in [6, 6.07) is 8.15. The summed E-state index contributed by atoms with van der Waals surface area (Å²) in [6.45, 7) is 3.80. The predicted octanol–water partition coefficient (Wildman–Crippen LogP) is 2.14. The molecule has 0 bridgehead atoms. The number of rotatable bonds is 1. The van der Waals surface area contributed by atoms with E-state index in [1.54, 1.807) is 10.7 Å². The second-order valence-electron chi connectivity index (χ2n) is 3.86. The molecule has 14 heavy (non-hydrogen) atoms. The zero-order valence-corrected chi connectivity index (χ0v) is 8.23. The van der Waals surface area contributed by atoms with Crippen molar-refractivity contribution in [2.24, 2.45) is 0 Å². The molecule has 0 aliphatic carbocycles. The molecule has 0 unspecified atom stereocenters. The molecule has 0 saturated carbocycles.